The van der Waals surface area contributed by atoms with Crippen LogP contribution in [0.3, 0.4) is 0 Å². The van der Waals surface area contributed by atoms with E-state index in [1.807, 2.05) is 0 Å². The van der Waals surface area contributed by atoms with Crippen molar-refractivity contribution in [2.75, 3.05) is 13.1 Å². The van der Waals surface area contributed by atoms with Crippen molar-refractivity contribution in [3.05, 3.63) is 69.2 Å². The van der Waals surface area contributed by atoms with Crippen LogP contribution < -0.4 is 5.32 Å². The third-order valence-electron chi connectivity index (χ3n) is 6.23. The third-order valence-corrected chi connectivity index (χ3v) is 7.35. The molecule has 1 aromatic heterocycles. The Hall–Kier alpha value is -2.86. The van der Waals surface area contributed by atoms with Gasteiger partial charge >= 0.3 is 6.18 Å². The number of β-amino-alcohol motifs (C(OH)–C–C–N with tert-alkyl or cyclic N) is 1. The fourth-order valence-corrected chi connectivity index (χ4v) is 5.54. The number of carbonyl (C=O) groups excluding carboxylic acids is 2. The fraction of sp³-hybridized carbons (Fsp3) is 0.292. The minimum Gasteiger partial charge on any atom is -0.390 e. The van der Waals surface area contributed by atoms with Gasteiger partial charge in [-0.25, -0.2) is 0 Å². The summed E-state index contributed by atoms with van der Waals surface area (Å²) in [6.07, 6.45) is -1.78. The van der Waals surface area contributed by atoms with Crippen LogP contribution in [-0.2, 0) is 17.5 Å². The Labute approximate surface area is 212 Å². The summed E-state index contributed by atoms with van der Waals surface area (Å²) in [5, 5.41) is 17.7. The van der Waals surface area contributed by atoms with E-state index in [1.165, 1.54) is 23.0 Å². The van der Waals surface area contributed by atoms with Crippen molar-refractivity contribution in [2.45, 2.75) is 31.3 Å². The number of piperidine rings is 1. The molecule has 0 aliphatic carbocycles. The summed E-state index contributed by atoms with van der Waals surface area (Å²) in [7, 11) is 0. The highest BCUT2D eigenvalue weighted by atomic mass is 35.5. The van der Waals surface area contributed by atoms with Gasteiger partial charge in [0.25, 0.3) is 11.1 Å². The first-order valence-corrected chi connectivity index (χ1v) is 12.3. The van der Waals surface area contributed by atoms with Gasteiger partial charge < -0.3 is 10.4 Å². The first kappa shape index (κ1) is 24.8. The van der Waals surface area contributed by atoms with Gasteiger partial charge in [-0.1, -0.05) is 23.7 Å². The number of rotatable bonds is 4. The molecule has 0 spiro atoms. The van der Waals surface area contributed by atoms with Crippen LogP contribution in [0.25, 0.3) is 17.0 Å². The standard InChI is InChI=1S/C24H20ClF3N4O3S/c25-16-3-2-14(17(9-16)24(26,27)28)12-31-18-4-1-13(7-15(18)10-30-31)8-21-22(34)32(23(35)36-21)19-5-6-29-11-20(19)33/h1-4,7-10,19-20,29,33H,5-6,11-12H2. The molecule has 3 heterocycles. The molecule has 0 bridgehead atoms. The Morgan fingerprint density at radius 1 is 1.22 bits per heavy atom. The van der Waals surface area contributed by atoms with Gasteiger partial charge in [-0.3, -0.25) is 19.2 Å². The second kappa shape index (κ2) is 9.55. The average Bonchev–Trinajstić information content (AvgIpc) is 3.34. The molecule has 2 atom stereocenters. The molecular formula is C24H20ClF3N4O3S. The predicted molar refractivity (Wildman–Crippen MR) is 130 cm³/mol. The largest absolute Gasteiger partial charge is 0.416 e. The van der Waals surface area contributed by atoms with Crippen LogP contribution in [0, 0.1) is 0 Å². The maximum atomic E-state index is 13.5. The van der Waals surface area contributed by atoms with Crippen LogP contribution in [0.1, 0.15) is 23.1 Å². The van der Waals surface area contributed by atoms with E-state index in [0.717, 1.165) is 22.7 Å². The molecule has 2 N–H and O–H groups in total. The lowest BCUT2D eigenvalue weighted by Crippen LogP contribution is -2.54. The van der Waals surface area contributed by atoms with Crippen LogP contribution in [0.4, 0.5) is 18.0 Å². The number of halogens is 4. The molecule has 188 valence electrons. The molecule has 2 saturated heterocycles. The minimum absolute atomic E-state index is 0.000108. The molecule has 5 rings (SSSR count). The zero-order valence-electron chi connectivity index (χ0n) is 18.6. The zero-order chi connectivity index (χ0) is 25.6. The predicted octanol–water partition coefficient (Wildman–Crippen LogP) is 4.52. The van der Waals surface area contributed by atoms with Crippen molar-refractivity contribution in [1.29, 1.82) is 0 Å². The smallest absolute Gasteiger partial charge is 0.390 e. The van der Waals surface area contributed by atoms with Gasteiger partial charge in [0.15, 0.2) is 0 Å². The first-order chi connectivity index (χ1) is 17.1. The highest BCUT2D eigenvalue weighted by Crippen LogP contribution is 2.36. The fourth-order valence-electron chi connectivity index (χ4n) is 4.48. The summed E-state index contributed by atoms with van der Waals surface area (Å²) in [5.41, 5.74) is 0.474. The Bertz CT molecular complexity index is 1390. The Morgan fingerprint density at radius 3 is 2.78 bits per heavy atom. The topological polar surface area (TPSA) is 87.5 Å². The van der Waals surface area contributed by atoms with E-state index in [9.17, 15) is 27.9 Å². The number of aliphatic hydroxyl groups excluding tert-OH is 1. The third kappa shape index (κ3) is 4.75. The summed E-state index contributed by atoms with van der Waals surface area (Å²) < 4.78 is 41.9. The van der Waals surface area contributed by atoms with Gasteiger partial charge in [0.05, 0.1) is 40.9 Å². The van der Waals surface area contributed by atoms with E-state index >= 15 is 0 Å². The Balaban J connectivity index is 1.40. The number of carbonyl (C=O) groups is 2. The maximum Gasteiger partial charge on any atom is 0.416 e. The van der Waals surface area contributed by atoms with Gasteiger partial charge in [0.2, 0.25) is 0 Å². The Kier molecular flexibility index (Phi) is 6.58. The van der Waals surface area contributed by atoms with Crippen molar-refractivity contribution in [3.63, 3.8) is 0 Å². The SMILES string of the molecule is O=C1SC(=Cc2ccc3c(cnn3Cc3ccc(Cl)cc3C(F)(F)F)c2)C(=O)N1C1CCNCC1O. The number of aromatic nitrogens is 2. The van der Waals surface area contributed by atoms with Gasteiger partial charge in [-0.2, -0.15) is 18.3 Å². The zero-order valence-corrected chi connectivity index (χ0v) is 20.2. The number of fused-ring (bicyclic) bond motifs is 1. The molecule has 12 heteroatoms. The summed E-state index contributed by atoms with van der Waals surface area (Å²) in [4.78, 5) is 26.8. The molecular weight excluding hydrogens is 517 g/mol. The van der Waals surface area contributed by atoms with Gasteiger partial charge in [0.1, 0.15) is 0 Å². The molecule has 2 aliphatic rings. The average molecular weight is 537 g/mol. The lowest BCUT2D eigenvalue weighted by Gasteiger charge is -2.33. The van der Waals surface area contributed by atoms with Gasteiger partial charge in [-0.05, 0) is 66.2 Å². The molecule has 2 amide bonds. The summed E-state index contributed by atoms with van der Waals surface area (Å²) >= 11 is 6.59. The van der Waals surface area contributed by atoms with Gasteiger partial charge in [0, 0.05) is 17.0 Å². The quantitative estimate of drug-likeness (QED) is 0.477. The van der Waals surface area contributed by atoms with Crippen LogP contribution in [0.2, 0.25) is 5.02 Å². The molecule has 2 aliphatic heterocycles. The molecule has 0 radical (unpaired) electrons. The first-order valence-electron chi connectivity index (χ1n) is 11.1. The number of amides is 2. The van der Waals surface area contributed by atoms with Gasteiger partial charge in [-0.15, -0.1) is 0 Å². The number of nitrogens with one attached hydrogen (secondary N) is 1. The number of thioether (sulfide) groups is 1. The number of imide groups is 1. The van der Waals surface area contributed by atoms with Crippen molar-refractivity contribution in [3.8, 4) is 0 Å². The summed E-state index contributed by atoms with van der Waals surface area (Å²) in [5.74, 6) is -0.450. The number of alkyl halides is 3. The lowest BCUT2D eigenvalue weighted by molar-refractivity contribution is -0.138. The van der Waals surface area contributed by atoms with E-state index < -0.39 is 35.0 Å². The van der Waals surface area contributed by atoms with Crippen molar-refractivity contribution >= 4 is 51.5 Å². The highest BCUT2D eigenvalue weighted by molar-refractivity contribution is 8.18. The second-order valence-electron chi connectivity index (χ2n) is 8.60. The van der Waals surface area contributed by atoms with Crippen LogP contribution in [0.15, 0.2) is 47.5 Å². The van der Waals surface area contributed by atoms with E-state index in [0.29, 0.717) is 36.0 Å². The molecule has 2 unspecified atom stereocenters. The summed E-state index contributed by atoms with van der Waals surface area (Å²) in [6.45, 7) is 0.808. The maximum absolute atomic E-state index is 13.5. The molecule has 0 saturated carbocycles. The number of nitrogens with zero attached hydrogens (tertiary/aromatic N) is 3. The molecule has 7 nitrogen and oxygen atoms in total. The Morgan fingerprint density at radius 2 is 2.03 bits per heavy atom. The van der Waals surface area contributed by atoms with E-state index in [2.05, 4.69) is 10.4 Å². The lowest BCUT2D eigenvalue weighted by atomic mass is 10.0. The van der Waals surface area contributed by atoms with E-state index in [1.54, 1.807) is 24.3 Å². The van der Waals surface area contributed by atoms with E-state index in [-0.39, 0.29) is 22.0 Å². The number of aliphatic hydroxyl groups is 1. The highest BCUT2D eigenvalue weighted by Gasteiger charge is 2.43. The van der Waals surface area contributed by atoms with Crippen LogP contribution >= 0.6 is 23.4 Å². The normalized spacial score (nSPS) is 22.2. The van der Waals surface area contributed by atoms with Crippen molar-refractivity contribution in [2.24, 2.45) is 0 Å². The molecule has 2 fully saturated rings. The second-order valence-corrected chi connectivity index (χ2v) is 10.0. The van der Waals surface area contributed by atoms with E-state index in [4.69, 9.17) is 11.6 Å². The summed E-state index contributed by atoms with van der Waals surface area (Å²) in [6, 6.07) is 8.24. The monoisotopic (exact) mass is 536 g/mol. The molecule has 36 heavy (non-hydrogen) atoms. The number of benzene rings is 2. The molecule has 2 aromatic carbocycles. The minimum atomic E-state index is -4.55. The van der Waals surface area contributed by atoms with Crippen LogP contribution in [-0.4, -0.2) is 56.2 Å². The van der Waals surface area contributed by atoms with Crippen LogP contribution in [0.5, 0.6) is 0 Å². The van der Waals surface area contributed by atoms with Crippen molar-refractivity contribution < 1.29 is 27.9 Å². The number of hydrogen-bond acceptors (Lipinski definition) is 6. The molecule has 3 aromatic rings. The number of hydrogen-bond donors (Lipinski definition) is 2. The van der Waals surface area contributed by atoms with Crippen molar-refractivity contribution in [1.82, 2.24) is 20.0 Å².